The Morgan fingerprint density at radius 1 is 0.933 bits per heavy atom. The molecule has 3 N–H and O–H groups in total. The first-order valence-corrected chi connectivity index (χ1v) is 15.8. The third kappa shape index (κ3) is 8.71. The van der Waals surface area contributed by atoms with Gasteiger partial charge in [-0.15, -0.1) is 11.3 Å². The first-order chi connectivity index (χ1) is 20.8. The van der Waals surface area contributed by atoms with Gasteiger partial charge in [-0.05, 0) is 71.6 Å². The molecule has 0 aliphatic carbocycles. The molecular weight excluding hydrogens is 591 g/mol. The lowest BCUT2D eigenvalue weighted by molar-refractivity contribution is -0.115. The number of rotatable bonds is 9. The maximum Gasteiger partial charge on any atom is 0.494 e. The van der Waals surface area contributed by atoms with Gasteiger partial charge in [0.1, 0.15) is 5.60 Å². The van der Waals surface area contributed by atoms with Crippen LogP contribution in [0.4, 0.5) is 9.93 Å². The Balaban J connectivity index is 1.31. The second-order valence-corrected chi connectivity index (χ2v) is 14.7. The molecule has 1 aliphatic rings. The Labute approximate surface area is 269 Å². The van der Waals surface area contributed by atoms with Crippen LogP contribution in [-0.4, -0.2) is 59.9 Å². The minimum absolute atomic E-state index is 0.223. The summed E-state index contributed by atoms with van der Waals surface area (Å²) < 4.78 is 17.7. The molecule has 3 amide bonds. The zero-order valence-corrected chi connectivity index (χ0v) is 28.3. The van der Waals surface area contributed by atoms with E-state index < -0.39 is 41.3 Å². The van der Waals surface area contributed by atoms with Crippen LogP contribution in [0.5, 0.6) is 0 Å². The van der Waals surface area contributed by atoms with E-state index in [0.717, 1.165) is 16.6 Å². The first kappa shape index (κ1) is 34.1. The van der Waals surface area contributed by atoms with E-state index >= 15 is 0 Å². The van der Waals surface area contributed by atoms with E-state index in [1.54, 1.807) is 39.0 Å². The van der Waals surface area contributed by atoms with Gasteiger partial charge in [0.2, 0.25) is 5.91 Å². The van der Waals surface area contributed by atoms with Crippen molar-refractivity contribution in [1.82, 2.24) is 15.6 Å². The van der Waals surface area contributed by atoms with Crippen LogP contribution in [-0.2, 0) is 24.3 Å². The number of amides is 3. The monoisotopic (exact) mass is 634 g/mol. The van der Waals surface area contributed by atoms with E-state index in [1.165, 1.54) is 11.3 Å². The fourth-order valence-corrected chi connectivity index (χ4v) is 5.24. The van der Waals surface area contributed by atoms with Gasteiger partial charge >= 0.3 is 13.2 Å². The second kappa shape index (κ2) is 12.9. The van der Waals surface area contributed by atoms with E-state index in [4.69, 9.17) is 14.0 Å². The van der Waals surface area contributed by atoms with Crippen LogP contribution in [0, 0.1) is 0 Å². The molecule has 45 heavy (non-hydrogen) atoms. The van der Waals surface area contributed by atoms with E-state index in [-0.39, 0.29) is 12.5 Å². The number of aromatic nitrogens is 1. The predicted octanol–water partition coefficient (Wildman–Crippen LogP) is 5.28. The van der Waals surface area contributed by atoms with Gasteiger partial charge in [0.15, 0.2) is 5.13 Å². The summed E-state index contributed by atoms with van der Waals surface area (Å²) in [6, 6.07) is 14.9. The summed E-state index contributed by atoms with van der Waals surface area (Å²) in [7, 11) is -0.489. The van der Waals surface area contributed by atoms with Crippen molar-refractivity contribution in [1.29, 1.82) is 0 Å². The number of benzene rings is 2. The van der Waals surface area contributed by atoms with Gasteiger partial charge in [0, 0.05) is 28.5 Å². The average Bonchev–Trinajstić information content (AvgIpc) is 3.50. The highest BCUT2D eigenvalue weighted by atomic mass is 32.1. The summed E-state index contributed by atoms with van der Waals surface area (Å²) in [4.78, 5) is 42.3. The van der Waals surface area contributed by atoms with Crippen LogP contribution < -0.4 is 21.4 Å². The minimum atomic E-state index is -0.595. The van der Waals surface area contributed by atoms with Crippen LogP contribution >= 0.6 is 11.3 Å². The number of anilines is 1. The van der Waals surface area contributed by atoms with Gasteiger partial charge in [-0.2, -0.15) is 0 Å². The van der Waals surface area contributed by atoms with Crippen LogP contribution in [0.1, 0.15) is 78.2 Å². The lowest BCUT2D eigenvalue weighted by Gasteiger charge is -2.32. The summed E-state index contributed by atoms with van der Waals surface area (Å²) in [5.41, 5.74) is 1.77. The number of nitrogens with zero attached hydrogens (tertiary/aromatic N) is 1. The van der Waals surface area contributed by atoms with Crippen molar-refractivity contribution in [3.8, 4) is 11.3 Å². The van der Waals surface area contributed by atoms with Crippen LogP contribution in [0.15, 0.2) is 53.9 Å². The predicted molar refractivity (Wildman–Crippen MR) is 178 cm³/mol. The molecule has 0 radical (unpaired) electrons. The third-order valence-corrected chi connectivity index (χ3v) is 8.61. The summed E-state index contributed by atoms with van der Waals surface area (Å²) in [6.07, 6.45) is -0.502. The highest BCUT2D eigenvalue weighted by Crippen LogP contribution is 2.36. The van der Waals surface area contributed by atoms with Crippen molar-refractivity contribution in [2.24, 2.45) is 0 Å². The molecular formula is C33H43BN4O6S. The topological polar surface area (TPSA) is 128 Å². The van der Waals surface area contributed by atoms with Crippen LogP contribution in [0.3, 0.4) is 0 Å². The zero-order chi connectivity index (χ0) is 33.2. The molecule has 10 nitrogen and oxygen atoms in total. The lowest BCUT2D eigenvalue weighted by atomic mass is 9.78. The van der Waals surface area contributed by atoms with Crippen molar-refractivity contribution in [2.45, 2.75) is 84.5 Å². The average molecular weight is 635 g/mol. The smallest absolute Gasteiger partial charge is 0.444 e. The molecule has 1 saturated heterocycles. The third-order valence-electron chi connectivity index (χ3n) is 7.85. The number of carbonyl (C=O) groups is 3. The maximum atomic E-state index is 12.9. The number of thiazole rings is 1. The number of hydrogen-bond acceptors (Lipinski definition) is 8. The number of nitrogens with one attached hydrogen (secondary N) is 3. The molecule has 4 rings (SSSR count). The van der Waals surface area contributed by atoms with E-state index in [9.17, 15) is 14.4 Å². The largest absolute Gasteiger partial charge is 0.494 e. The molecule has 0 spiro atoms. The summed E-state index contributed by atoms with van der Waals surface area (Å²) in [5.74, 6) is -0.782. The van der Waals surface area contributed by atoms with E-state index in [0.29, 0.717) is 22.9 Å². The summed E-state index contributed by atoms with van der Waals surface area (Å²) >= 11 is 1.30. The molecule has 3 aromatic rings. The van der Waals surface area contributed by atoms with Gasteiger partial charge < -0.3 is 30.0 Å². The van der Waals surface area contributed by atoms with Crippen molar-refractivity contribution >= 4 is 47.0 Å². The molecule has 0 unspecified atom stereocenters. The Kier molecular flexibility index (Phi) is 9.82. The standard InChI is InChI=1S/C33H43BN4O6S/c1-30(2,3)42-29(41)36-20-31(4,5)23-14-10-13-22(16-23)27(40)35-18-26(39)38-28-37-25(19-45-28)21-12-11-15-24(17-21)34-43-32(6,7)33(8,9)44-34/h10-17,19H,18,20H2,1-9H3,(H,35,40)(H,36,41)(H,37,38,39). The van der Waals surface area contributed by atoms with Gasteiger partial charge in [0.05, 0.1) is 23.4 Å². The molecule has 2 heterocycles. The first-order valence-electron chi connectivity index (χ1n) is 14.9. The highest BCUT2D eigenvalue weighted by molar-refractivity contribution is 7.14. The van der Waals surface area contributed by atoms with Crippen LogP contribution in [0.2, 0.25) is 0 Å². The molecule has 12 heteroatoms. The fourth-order valence-electron chi connectivity index (χ4n) is 4.50. The fraction of sp³-hybridized carbons (Fsp3) is 0.455. The van der Waals surface area contributed by atoms with Gasteiger partial charge in [0.25, 0.3) is 5.91 Å². The Morgan fingerprint density at radius 2 is 1.60 bits per heavy atom. The van der Waals surface area contributed by atoms with Crippen LogP contribution in [0.25, 0.3) is 11.3 Å². The SMILES string of the molecule is CC(C)(C)OC(=O)NCC(C)(C)c1cccc(C(=O)NCC(=O)Nc2nc(-c3cccc(B4OC(C)(C)C(C)(C)O4)c3)cs2)c1. The normalized spacial score (nSPS) is 15.8. The minimum Gasteiger partial charge on any atom is -0.444 e. The highest BCUT2D eigenvalue weighted by Gasteiger charge is 2.51. The van der Waals surface area contributed by atoms with Gasteiger partial charge in [-0.3, -0.25) is 9.59 Å². The molecule has 0 atom stereocenters. The molecule has 0 bridgehead atoms. The Hall–Kier alpha value is -3.74. The molecule has 1 aromatic heterocycles. The van der Waals surface area contributed by atoms with Crippen molar-refractivity contribution in [3.63, 3.8) is 0 Å². The van der Waals surface area contributed by atoms with Gasteiger partial charge in [-0.1, -0.05) is 50.2 Å². The number of alkyl carbamates (subject to hydrolysis) is 1. The molecule has 240 valence electrons. The second-order valence-electron chi connectivity index (χ2n) is 13.8. The summed E-state index contributed by atoms with van der Waals surface area (Å²) in [6.45, 7) is 17.5. The zero-order valence-electron chi connectivity index (χ0n) is 27.5. The van der Waals surface area contributed by atoms with Crippen molar-refractivity contribution < 1.29 is 28.4 Å². The molecule has 2 aromatic carbocycles. The molecule has 1 aliphatic heterocycles. The van der Waals surface area contributed by atoms with Gasteiger partial charge in [-0.25, -0.2) is 9.78 Å². The number of carbonyl (C=O) groups excluding carboxylic acids is 3. The van der Waals surface area contributed by atoms with Crippen molar-refractivity contribution in [3.05, 3.63) is 65.0 Å². The summed E-state index contributed by atoms with van der Waals surface area (Å²) in [5, 5.41) is 10.5. The molecule has 1 fully saturated rings. The lowest BCUT2D eigenvalue weighted by Crippen LogP contribution is -2.41. The van der Waals surface area contributed by atoms with E-state index in [1.807, 2.05) is 77.3 Å². The van der Waals surface area contributed by atoms with Crippen molar-refractivity contribution in [2.75, 3.05) is 18.4 Å². The Bertz CT molecular complexity index is 1550. The van der Waals surface area contributed by atoms with E-state index in [2.05, 4.69) is 20.9 Å². The number of hydrogen-bond donors (Lipinski definition) is 3. The maximum absolute atomic E-state index is 12.9. The molecule has 0 saturated carbocycles. The Morgan fingerprint density at radius 3 is 2.27 bits per heavy atom. The quantitative estimate of drug-likeness (QED) is 0.274. The number of ether oxygens (including phenoxy) is 1.